The highest BCUT2D eigenvalue weighted by atomic mass is 19.1. The van der Waals surface area contributed by atoms with Crippen molar-refractivity contribution in [2.45, 2.75) is 13.0 Å². The number of amides is 1. The van der Waals surface area contributed by atoms with Gasteiger partial charge in [-0.2, -0.15) is 0 Å². The second-order valence-corrected chi connectivity index (χ2v) is 6.14. The van der Waals surface area contributed by atoms with Gasteiger partial charge in [0.15, 0.2) is 0 Å². The van der Waals surface area contributed by atoms with E-state index in [-0.39, 0.29) is 17.8 Å². The third-order valence-corrected chi connectivity index (χ3v) is 4.22. The summed E-state index contributed by atoms with van der Waals surface area (Å²) in [6.07, 6.45) is 1.62. The van der Waals surface area contributed by atoms with Gasteiger partial charge in [0.25, 0.3) is 5.91 Å². The van der Waals surface area contributed by atoms with Crippen LogP contribution in [0.15, 0.2) is 42.6 Å². The third kappa shape index (κ3) is 3.54. The fourth-order valence-corrected chi connectivity index (χ4v) is 2.98. The Morgan fingerprint density at radius 2 is 2.12 bits per heavy atom. The predicted octanol–water partition coefficient (Wildman–Crippen LogP) is 2.74. The van der Waals surface area contributed by atoms with Gasteiger partial charge in [-0.25, -0.2) is 9.37 Å². The first-order chi connectivity index (χ1) is 11.5. The normalized spacial score (nSPS) is 18.5. The van der Waals surface area contributed by atoms with Gasteiger partial charge in [-0.1, -0.05) is 6.07 Å². The first-order valence-electron chi connectivity index (χ1n) is 8.01. The molecule has 0 spiro atoms. The van der Waals surface area contributed by atoms with Crippen LogP contribution in [0.5, 0.6) is 0 Å². The molecule has 24 heavy (non-hydrogen) atoms. The van der Waals surface area contributed by atoms with Gasteiger partial charge in [-0.05, 0) is 44.3 Å². The Bertz CT molecular complexity index is 736. The van der Waals surface area contributed by atoms with Crippen LogP contribution in [0.3, 0.4) is 0 Å². The smallest absolute Gasteiger partial charge is 0.257 e. The van der Waals surface area contributed by atoms with Crippen molar-refractivity contribution < 1.29 is 9.18 Å². The lowest BCUT2D eigenvalue weighted by molar-refractivity contribution is 0.0534. The van der Waals surface area contributed by atoms with E-state index in [2.05, 4.69) is 22.2 Å². The molecule has 126 valence electrons. The number of pyridine rings is 1. The maximum Gasteiger partial charge on any atom is 0.257 e. The van der Waals surface area contributed by atoms with Crippen LogP contribution in [-0.2, 0) is 0 Å². The molecule has 2 heterocycles. The molecule has 3 rings (SSSR count). The lowest BCUT2D eigenvalue weighted by Crippen LogP contribution is -2.52. The van der Waals surface area contributed by atoms with E-state index in [1.165, 1.54) is 12.1 Å². The minimum absolute atomic E-state index is 0.0531. The average Bonchev–Trinajstić information content (AvgIpc) is 2.55. The molecule has 1 aromatic carbocycles. The molecule has 1 aliphatic heterocycles. The lowest BCUT2D eigenvalue weighted by Gasteiger charge is -2.38. The molecule has 1 aliphatic rings. The Balaban J connectivity index is 1.85. The monoisotopic (exact) mass is 328 g/mol. The Labute approximate surface area is 141 Å². The standard InChI is InChI=1S/C18H21FN4O/c1-13-12-22(2)9-10-23(13)18(24)16-7-4-8-20-17(16)21-15-6-3-5-14(19)11-15/h3-8,11,13H,9-10,12H2,1-2H3,(H,20,21)/t13-/m0/s1. The summed E-state index contributed by atoms with van der Waals surface area (Å²) in [6, 6.07) is 9.74. The summed E-state index contributed by atoms with van der Waals surface area (Å²) in [5.41, 5.74) is 1.06. The van der Waals surface area contributed by atoms with Crippen molar-refractivity contribution in [3.8, 4) is 0 Å². The van der Waals surface area contributed by atoms with E-state index in [4.69, 9.17) is 0 Å². The molecule has 0 aliphatic carbocycles. The van der Waals surface area contributed by atoms with E-state index in [1.807, 2.05) is 11.8 Å². The molecule has 1 fully saturated rings. The maximum absolute atomic E-state index is 13.4. The largest absolute Gasteiger partial charge is 0.339 e. The lowest BCUT2D eigenvalue weighted by atomic mass is 10.1. The maximum atomic E-state index is 13.4. The Morgan fingerprint density at radius 1 is 1.29 bits per heavy atom. The number of nitrogens with one attached hydrogen (secondary N) is 1. The number of aromatic nitrogens is 1. The fraction of sp³-hybridized carbons (Fsp3) is 0.333. The summed E-state index contributed by atoms with van der Waals surface area (Å²) in [5.74, 6) is 0.0540. The molecular weight excluding hydrogens is 307 g/mol. The van der Waals surface area contributed by atoms with Crippen LogP contribution in [0.1, 0.15) is 17.3 Å². The molecule has 0 bridgehead atoms. The quantitative estimate of drug-likeness (QED) is 0.941. The summed E-state index contributed by atoms with van der Waals surface area (Å²) in [7, 11) is 2.05. The number of anilines is 2. The van der Waals surface area contributed by atoms with E-state index >= 15 is 0 Å². The minimum atomic E-state index is -0.337. The summed E-state index contributed by atoms with van der Waals surface area (Å²) in [6.45, 7) is 4.43. The fourth-order valence-electron chi connectivity index (χ4n) is 2.98. The van der Waals surface area contributed by atoms with Gasteiger partial charge in [-0.15, -0.1) is 0 Å². The van der Waals surface area contributed by atoms with Gasteiger partial charge in [0.1, 0.15) is 11.6 Å². The van der Waals surface area contributed by atoms with E-state index in [0.717, 1.165) is 13.1 Å². The first-order valence-corrected chi connectivity index (χ1v) is 8.01. The molecule has 0 saturated carbocycles. The molecule has 0 unspecified atom stereocenters. The van der Waals surface area contributed by atoms with Crippen LogP contribution >= 0.6 is 0 Å². The highest BCUT2D eigenvalue weighted by Crippen LogP contribution is 2.22. The van der Waals surface area contributed by atoms with Gasteiger partial charge in [0, 0.05) is 37.6 Å². The molecule has 6 heteroatoms. The molecule has 2 aromatic rings. The number of halogens is 1. The molecule has 1 amide bonds. The van der Waals surface area contributed by atoms with Crippen LogP contribution < -0.4 is 5.32 Å². The van der Waals surface area contributed by atoms with Gasteiger partial charge >= 0.3 is 0 Å². The Kier molecular flexibility index (Phi) is 4.76. The van der Waals surface area contributed by atoms with Crippen molar-refractivity contribution in [1.29, 1.82) is 0 Å². The first kappa shape index (κ1) is 16.4. The van der Waals surface area contributed by atoms with Crippen molar-refractivity contribution in [3.05, 3.63) is 54.0 Å². The van der Waals surface area contributed by atoms with Crippen LogP contribution in [0, 0.1) is 5.82 Å². The van der Waals surface area contributed by atoms with Crippen LogP contribution in [0.25, 0.3) is 0 Å². The predicted molar refractivity (Wildman–Crippen MR) is 91.9 cm³/mol. The number of nitrogens with zero attached hydrogens (tertiary/aromatic N) is 3. The second kappa shape index (κ2) is 6.97. The molecule has 1 saturated heterocycles. The van der Waals surface area contributed by atoms with Gasteiger partial charge in [0.05, 0.1) is 5.56 Å². The molecule has 1 aromatic heterocycles. The van der Waals surface area contributed by atoms with Crippen molar-refractivity contribution in [3.63, 3.8) is 0 Å². The minimum Gasteiger partial charge on any atom is -0.339 e. The van der Waals surface area contributed by atoms with E-state index in [0.29, 0.717) is 23.6 Å². The highest BCUT2D eigenvalue weighted by Gasteiger charge is 2.28. The third-order valence-electron chi connectivity index (χ3n) is 4.22. The zero-order valence-corrected chi connectivity index (χ0v) is 13.9. The summed E-state index contributed by atoms with van der Waals surface area (Å²) < 4.78 is 13.4. The van der Waals surface area contributed by atoms with Crippen LogP contribution in [0.4, 0.5) is 15.9 Å². The number of hydrogen-bond donors (Lipinski definition) is 1. The average molecular weight is 328 g/mol. The Hall–Kier alpha value is -2.47. The number of carbonyl (C=O) groups is 1. The molecule has 1 atom stereocenters. The van der Waals surface area contributed by atoms with E-state index < -0.39 is 0 Å². The van der Waals surface area contributed by atoms with Crippen LogP contribution in [0.2, 0.25) is 0 Å². The van der Waals surface area contributed by atoms with E-state index in [1.54, 1.807) is 30.5 Å². The summed E-state index contributed by atoms with van der Waals surface area (Å²) in [5, 5.41) is 3.05. The molecule has 0 radical (unpaired) electrons. The molecule has 5 nitrogen and oxygen atoms in total. The van der Waals surface area contributed by atoms with Gasteiger partial charge < -0.3 is 15.1 Å². The number of rotatable bonds is 3. The highest BCUT2D eigenvalue weighted by molar-refractivity contribution is 5.99. The van der Waals surface area contributed by atoms with Crippen molar-refractivity contribution in [1.82, 2.24) is 14.8 Å². The van der Waals surface area contributed by atoms with Crippen molar-refractivity contribution in [2.75, 3.05) is 32.0 Å². The number of hydrogen-bond acceptors (Lipinski definition) is 4. The van der Waals surface area contributed by atoms with Gasteiger partial charge in [0.2, 0.25) is 0 Å². The van der Waals surface area contributed by atoms with Crippen LogP contribution in [-0.4, -0.2) is 53.4 Å². The summed E-state index contributed by atoms with van der Waals surface area (Å²) >= 11 is 0. The van der Waals surface area contributed by atoms with E-state index in [9.17, 15) is 9.18 Å². The SMILES string of the molecule is C[C@H]1CN(C)CCN1C(=O)c1cccnc1Nc1cccc(F)c1. The Morgan fingerprint density at radius 3 is 2.88 bits per heavy atom. The van der Waals surface area contributed by atoms with Crippen molar-refractivity contribution in [2.24, 2.45) is 0 Å². The molecule has 1 N–H and O–H groups in total. The van der Waals surface area contributed by atoms with Gasteiger partial charge in [-0.3, -0.25) is 4.79 Å². The topological polar surface area (TPSA) is 48.5 Å². The molecular formula is C18H21FN4O. The zero-order valence-electron chi connectivity index (χ0n) is 13.9. The van der Waals surface area contributed by atoms with Crippen molar-refractivity contribution >= 4 is 17.4 Å². The number of piperazine rings is 1. The zero-order chi connectivity index (χ0) is 17.1. The number of likely N-dealkylation sites (N-methyl/N-ethyl adjacent to an activating group) is 1. The number of benzene rings is 1. The summed E-state index contributed by atoms with van der Waals surface area (Å²) in [4.78, 5) is 21.3. The number of carbonyl (C=O) groups excluding carboxylic acids is 1. The second-order valence-electron chi connectivity index (χ2n) is 6.14.